The van der Waals surface area contributed by atoms with E-state index in [2.05, 4.69) is 23.8 Å². The van der Waals surface area contributed by atoms with Gasteiger partial charge in [0, 0.05) is 32.2 Å². The van der Waals surface area contributed by atoms with Gasteiger partial charge in [0.05, 0.1) is 11.6 Å². The number of hydrogen-bond acceptors (Lipinski definition) is 5. The second kappa shape index (κ2) is 8.29. The molecule has 2 aliphatic rings. The van der Waals surface area contributed by atoms with Crippen molar-refractivity contribution >= 4 is 22.2 Å². The summed E-state index contributed by atoms with van der Waals surface area (Å²) < 4.78 is 32.4. The van der Waals surface area contributed by atoms with E-state index in [0.29, 0.717) is 42.5 Å². The molecular formula is C20H29N5O2S2. The molecule has 29 heavy (non-hydrogen) atoms. The molecule has 1 aliphatic carbocycles. The van der Waals surface area contributed by atoms with Gasteiger partial charge in [-0.2, -0.15) is 9.40 Å². The first kappa shape index (κ1) is 20.7. The maximum absolute atomic E-state index is 13.1. The number of aromatic nitrogens is 3. The Balaban J connectivity index is 1.42. The Labute approximate surface area is 178 Å². The van der Waals surface area contributed by atoms with Gasteiger partial charge in [-0.3, -0.25) is 4.90 Å². The monoisotopic (exact) mass is 435 g/mol. The average Bonchev–Trinajstić information content (AvgIpc) is 3.08. The van der Waals surface area contributed by atoms with Crippen molar-refractivity contribution in [2.24, 2.45) is 0 Å². The zero-order chi connectivity index (χ0) is 20.6. The molecule has 158 valence electrons. The van der Waals surface area contributed by atoms with Gasteiger partial charge in [-0.25, -0.2) is 13.1 Å². The van der Waals surface area contributed by atoms with Crippen molar-refractivity contribution in [1.82, 2.24) is 23.6 Å². The predicted octanol–water partition coefficient (Wildman–Crippen LogP) is 2.84. The quantitative estimate of drug-likeness (QED) is 0.676. The van der Waals surface area contributed by atoms with Gasteiger partial charge in [-0.1, -0.05) is 6.07 Å². The number of nitrogens with zero attached hydrogens (tertiary/aromatic N) is 5. The lowest BCUT2D eigenvalue weighted by atomic mass is 9.92. The first-order valence-corrected chi connectivity index (χ1v) is 12.2. The van der Waals surface area contributed by atoms with Gasteiger partial charge in [0.15, 0.2) is 4.77 Å². The van der Waals surface area contributed by atoms with Gasteiger partial charge in [-0.15, -0.1) is 0 Å². The minimum Gasteiger partial charge on any atom is -0.304 e. The maximum Gasteiger partial charge on any atom is 0.243 e. The smallest absolute Gasteiger partial charge is 0.243 e. The minimum atomic E-state index is -3.45. The molecule has 1 fully saturated rings. The van der Waals surface area contributed by atoms with E-state index in [1.54, 1.807) is 16.7 Å². The van der Waals surface area contributed by atoms with Gasteiger partial charge < -0.3 is 4.57 Å². The summed E-state index contributed by atoms with van der Waals surface area (Å²) in [5, 5.41) is 4.39. The van der Waals surface area contributed by atoms with Crippen LogP contribution in [0.1, 0.15) is 43.9 Å². The van der Waals surface area contributed by atoms with Crippen LogP contribution in [0.3, 0.4) is 0 Å². The Hall–Kier alpha value is -1.55. The topological polar surface area (TPSA) is 63.4 Å². The third-order valence-corrected chi connectivity index (χ3v) is 8.25. The summed E-state index contributed by atoms with van der Waals surface area (Å²) in [7, 11) is -3.45. The van der Waals surface area contributed by atoms with Crippen LogP contribution in [-0.2, 0) is 29.5 Å². The van der Waals surface area contributed by atoms with Crippen LogP contribution in [0, 0.1) is 4.77 Å². The van der Waals surface area contributed by atoms with Crippen molar-refractivity contribution in [3.05, 3.63) is 40.4 Å². The molecule has 4 rings (SSSR count). The highest BCUT2D eigenvalue weighted by molar-refractivity contribution is 7.89. The number of benzene rings is 1. The summed E-state index contributed by atoms with van der Waals surface area (Å²) in [6.45, 7) is 7.04. The number of fused-ring (bicyclic) bond motifs is 1. The van der Waals surface area contributed by atoms with Crippen molar-refractivity contribution in [2.45, 2.75) is 57.1 Å². The van der Waals surface area contributed by atoms with Crippen molar-refractivity contribution < 1.29 is 8.42 Å². The molecule has 1 aliphatic heterocycles. The van der Waals surface area contributed by atoms with E-state index in [0.717, 1.165) is 19.3 Å². The van der Waals surface area contributed by atoms with Gasteiger partial charge in [0.1, 0.15) is 6.33 Å². The Bertz CT molecular complexity index is 1030. The van der Waals surface area contributed by atoms with Crippen molar-refractivity contribution in [1.29, 1.82) is 0 Å². The van der Waals surface area contributed by atoms with Crippen LogP contribution in [0.15, 0.2) is 29.4 Å². The summed E-state index contributed by atoms with van der Waals surface area (Å²) in [5.41, 5.74) is 2.50. The van der Waals surface area contributed by atoms with Crippen molar-refractivity contribution in [3.8, 4) is 0 Å². The lowest BCUT2D eigenvalue weighted by Crippen LogP contribution is -2.49. The van der Waals surface area contributed by atoms with Crippen molar-refractivity contribution in [2.75, 3.05) is 26.2 Å². The standard InChI is InChI=1S/C20H29N5O2S2/c1-16(2)24-14-21-25(20(24)28)15-22-9-11-23(12-10-22)29(26,27)19-8-7-17-5-3-4-6-18(17)13-19/h7-8,13-14,16H,3-6,9-12,15H2,1-2H3. The van der Waals surface area contributed by atoms with Crippen LogP contribution in [-0.4, -0.2) is 58.1 Å². The summed E-state index contributed by atoms with van der Waals surface area (Å²) in [4.78, 5) is 2.64. The third-order valence-electron chi connectivity index (χ3n) is 5.94. The molecule has 0 spiro atoms. The third kappa shape index (κ3) is 4.19. The highest BCUT2D eigenvalue weighted by Crippen LogP contribution is 2.26. The van der Waals surface area contributed by atoms with E-state index < -0.39 is 10.0 Å². The first-order valence-electron chi connectivity index (χ1n) is 10.3. The number of piperazine rings is 1. The lowest BCUT2D eigenvalue weighted by molar-refractivity contribution is 0.144. The van der Waals surface area contributed by atoms with E-state index in [1.165, 1.54) is 17.5 Å². The molecule has 0 amide bonds. The second-order valence-electron chi connectivity index (χ2n) is 8.22. The molecule has 2 aromatic rings. The molecule has 0 bridgehead atoms. The molecular weight excluding hydrogens is 406 g/mol. The first-order chi connectivity index (χ1) is 13.9. The average molecular weight is 436 g/mol. The molecule has 1 aromatic heterocycles. The summed E-state index contributed by atoms with van der Waals surface area (Å²) in [6.07, 6.45) is 6.15. The van der Waals surface area contributed by atoms with Crippen LogP contribution in [0.4, 0.5) is 0 Å². The largest absolute Gasteiger partial charge is 0.304 e. The van der Waals surface area contributed by atoms with Crippen molar-refractivity contribution in [3.63, 3.8) is 0 Å². The fraction of sp³-hybridized carbons (Fsp3) is 0.600. The second-order valence-corrected chi connectivity index (χ2v) is 10.5. The molecule has 1 aromatic carbocycles. The molecule has 2 heterocycles. The van der Waals surface area contributed by atoms with Crippen LogP contribution in [0.5, 0.6) is 0 Å². The van der Waals surface area contributed by atoms with Gasteiger partial charge in [0.25, 0.3) is 0 Å². The molecule has 9 heteroatoms. The van der Waals surface area contributed by atoms with Crippen LogP contribution in [0.25, 0.3) is 0 Å². The summed E-state index contributed by atoms with van der Waals surface area (Å²) in [6, 6.07) is 5.96. The van der Waals surface area contributed by atoms with E-state index in [1.807, 2.05) is 21.4 Å². The highest BCUT2D eigenvalue weighted by atomic mass is 32.2. The predicted molar refractivity (Wildman–Crippen MR) is 115 cm³/mol. The zero-order valence-corrected chi connectivity index (χ0v) is 18.8. The molecule has 0 radical (unpaired) electrons. The van der Waals surface area contributed by atoms with E-state index in [4.69, 9.17) is 12.2 Å². The Kier molecular flexibility index (Phi) is 5.92. The van der Waals surface area contributed by atoms with Gasteiger partial charge in [-0.05, 0) is 75.0 Å². The number of hydrogen-bond donors (Lipinski definition) is 0. The summed E-state index contributed by atoms with van der Waals surface area (Å²) >= 11 is 5.50. The van der Waals surface area contributed by atoms with Crippen LogP contribution < -0.4 is 0 Å². The van der Waals surface area contributed by atoms with Crippen LogP contribution >= 0.6 is 12.2 Å². The molecule has 7 nitrogen and oxygen atoms in total. The van der Waals surface area contributed by atoms with Crippen LogP contribution in [0.2, 0.25) is 0 Å². The number of rotatable bonds is 5. The van der Waals surface area contributed by atoms with E-state index in [-0.39, 0.29) is 6.04 Å². The van der Waals surface area contributed by atoms with E-state index >= 15 is 0 Å². The Morgan fingerprint density at radius 1 is 1.07 bits per heavy atom. The molecule has 1 saturated heterocycles. The van der Waals surface area contributed by atoms with E-state index in [9.17, 15) is 8.42 Å². The minimum absolute atomic E-state index is 0.273. The number of sulfonamides is 1. The fourth-order valence-corrected chi connectivity index (χ4v) is 5.96. The Morgan fingerprint density at radius 2 is 1.76 bits per heavy atom. The molecule has 0 N–H and O–H groups in total. The SMILES string of the molecule is CC(C)n1cnn(CN2CCN(S(=O)(=O)c3ccc4c(c3)CCCC4)CC2)c1=S. The Morgan fingerprint density at radius 3 is 2.41 bits per heavy atom. The fourth-order valence-electron chi connectivity index (χ4n) is 4.12. The lowest BCUT2D eigenvalue weighted by Gasteiger charge is -2.33. The molecule has 0 atom stereocenters. The maximum atomic E-state index is 13.1. The summed E-state index contributed by atoms with van der Waals surface area (Å²) in [5.74, 6) is 0. The molecule has 0 unspecified atom stereocenters. The van der Waals surface area contributed by atoms with Gasteiger partial charge in [0.2, 0.25) is 10.0 Å². The van der Waals surface area contributed by atoms with Gasteiger partial charge >= 0.3 is 0 Å². The number of aryl methyl sites for hydroxylation is 2. The molecule has 0 saturated carbocycles. The highest BCUT2D eigenvalue weighted by Gasteiger charge is 2.29. The zero-order valence-electron chi connectivity index (χ0n) is 17.1. The normalized spacial score (nSPS) is 18.9.